The fraction of sp³-hybridized carbons (Fsp3) is 0.800. The highest BCUT2D eigenvalue weighted by Gasteiger charge is 2.44. The highest BCUT2D eigenvalue weighted by Crippen LogP contribution is 2.41. The molecule has 0 saturated heterocycles. The lowest BCUT2D eigenvalue weighted by Gasteiger charge is -2.42. The molecule has 1 fully saturated rings. The van der Waals surface area contributed by atoms with E-state index in [0.29, 0.717) is 17.9 Å². The number of hydrogen-bond donors (Lipinski definition) is 1. The molecule has 0 spiro atoms. The molecule has 0 aromatic rings. The molecule has 0 aromatic carbocycles. The van der Waals surface area contributed by atoms with Crippen LogP contribution in [0.25, 0.3) is 0 Å². The Morgan fingerprint density at radius 3 is 2.39 bits per heavy atom. The van der Waals surface area contributed by atoms with Gasteiger partial charge in [-0.25, -0.2) is 0 Å². The van der Waals surface area contributed by atoms with Crippen molar-refractivity contribution >= 4 is 5.97 Å². The zero-order valence-electron chi connectivity index (χ0n) is 12.0. The Labute approximate surface area is 111 Å². The molecule has 3 nitrogen and oxygen atoms in total. The highest BCUT2D eigenvalue weighted by atomic mass is 16.5. The minimum Gasteiger partial charge on any atom is -0.468 e. The quantitative estimate of drug-likeness (QED) is 0.618. The molecule has 1 saturated carbocycles. The van der Waals surface area contributed by atoms with Crippen molar-refractivity contribution in [1.82, 2.24) is 5.32 Å². The van der Waals surface area contributed by atoms with Crippen molar-refractivity contribution in [3.63, 3.8) is 0 Å². The number of carbonyl (C=O) groups is 1. The molecule has 1 rings (SSSR count). The van der Waals surface area contributed by atoms with Gasteiger partial charge in [-0.15, -0.1) is 6.42 Å². The molecule has 18 heavy (non-hydrogen) atoms. The van der Waals surface area contributed by atoms with Crippen LogP contribution >= 0.6 is 0 Å². The maximum absolute atomic E-state index is 12.0. The van der Waals surface area contributed by atoms with Gasteiger partial charge >= 0.3 is 5.97 Å². The first-order valence-electron chi connectivity index (χ1n) is 6.62. The molecular weight excluding hydrogens is 226 g/mol. The molecule has 0 aliphatic heterocycles. The molecule has 1 aliphatic carbocycles. The standard InChI is InChI=1S/C15H25NO2/c1-6-11-16-15(13(17)18-5)9-7-12(8-10-15)14(2,3)4/h1,12,16H,7-11H2,2-5H3. The third-order valence-electron chi connectivity index (χ3n) is 4.17. The molecule has 1 N–H and O–H groups in total. The Kier molecular flexibility index (Phi) is 4.81. The van der Waals surface area contributed by atoms with Crippen LogP contribution in [-0.2, 0) is 9.53 Å². The number of ether oxygens (including phenoxy) is 1. The lowest BCUT2D eigenvalue weighted by molar-refractivity contribution is -0.151. The van der Waals surface area contributed by atoms with Crippen molar-refractivity contribution < 1.29 is 9.53 Å². The van der Waals surface area contributed by atoms with Crippen LogP contribution in [0, 0.1) is 23.7 Å². The Morgan fingerprint density at radius 2 is 2.00 bits per heavy atom. The minimum absolute atomic E-state index is 0.176. The number of carbonyl (C=O) groups excluding carboxylic acids is 1. The summed E-state index contributed by atoms with van der Waals surface area (Å²) in [5.74, 6) is 3.02. The molecule has 0 radical (unpaired) electrons. The van der Waals surface area contributed by atoms with Crippen LogP contribution in [0.2, 0.25) is 0 Å². The molecule has 0 unspecified atom stereocenters. The molecule has 3 heteroatoms. The summed E-state index contributed by atoms with van der Waals surface area (Å²) in [6.07, 6.45) is 8.97. The van der Waals surface area contributed by atoms with E-state index in [9.17, 15) is 4.79 Å². The van der Waals surface area contributed by atoms with E-state index >= 15 is 0 Å². The third kappa shape index (κ3) is 3.26. The van der Waals surface area contributed by atoms with Crippen molar-refractivity contribution in [2.24, 2.45) is 11.3 Å². The van der Waals surface area contributed by atoms with Crippen LogP contribution in [0.15, 0.2) is 0 Å². The second-order valence-corrected chi connectivity index (χ2v) is 6.27. The average molecular weight is 251 g/mol. The summed E-state index contributed by atoms with van der Waals surface area (Å²) in [5, 5.41) is 3.20. The van der Waals surface area contributed by atoms with Gasteiger partial charge in [-0.1, -0.05) is 26.7 Å². The van der Waals surface area contributed by atoms with Crippen LogP contribution in [0.4, 0.5) is 0 Å². The van der Waals surface area contributed by atoms with Gasteiger partial charge in [-0.2, -0.15) is 0 Å². The zero-order chi connectivity index (χ0) is 13.8. The van der Waals surface area contributed by atoms with Crippen LogP contribution < -0.4 is 5.32 Å². The molecule has 1 aliphatic rings. The summed E-state index contributed by atoms with van der Waals surface area (Å²) in [5.41, 5.74) is -0.267. The van der Waals surface area contributed by atoms with Gasteiger partial charge in [0, 0.05) is 0 Å². The minimum atomic E-state index is -0.567. The van der Waals surface area contributed by atoms with Gasteiger partial charge in [0.05, 0.1) is 13.7 Å². The number of esters is 1. The predicted molar refractivity (Wildman–Crippen MR) is 73.0 cm³/mol. The maximum Gasteiger partial charge on any atom is 0.326 e. The summed E-state index contributed by atoms with van der Waals surface area (Å²) in [6.45, 7) is 7.20. The van der Waals surface area contributed by atoms with E-state index in [0.717, 1.165) is 25.7 Å². The van der Waals surface area contributed by atoms with E-state index in [4.69, 9.17) is 11.2 Å². The van der Waals surface area contributed by atoms with Gasteiger partial charge in [0.15, 0.2) is 0 Å². The number of hydrogen-bond acceptors (Lipinski definition) is 3. The first-order chi connectivity index (χ1) is 8.35. The molecule has 0 atom stereocenters. The Balaban J connectivity index is 2.74. The van der Waals surface area contributed by atoms with Crippen LogP contribution in [0.3, 0.4) is 0 Å². The Hall–Kier alpha value is -1.01. The largest absolute Gasteiger partial charge is 0.468 e. The van der Waals surface area contributed by atoms with E-state index < -0.39 is 5.54 Å². The smallest absolute Gasteiger partial charge is 0.326 e. The molecule has 102 valence electrons. The first-order valence-corrected chi connectivity index (χ1v) is 6.62. The Morgan fingerprint density at radius 1 is 1.44 bits per heavy atom. The van der Waals surface area contributed by atoms with Crippen molar-refractivity contribution in [1.29, 1.82) is 0 Å². The molecule has 0 bridgehead atoms. The molecule has 0 aromatic heterocycles. The summed E-state index contributed by atoms with van der Waals surface area (Å²) in [7, 11) is 1.44. The fourth-order valence-electron chi connectivity index (χ4n) is 2.85. The molecular formula is C15H25NO2. The second kappa shape index (κ2) is 5.75. The second-order valence-electron chi connectivity index (χ2n) is 6.27. The predicted octanol–water partition coefficient (Wildman–Crippen LogP) is 2.36. The average Bonchev–Trinajstić information content (AvgIpc) is 2.34. The fourth-order valence-corrected chi connectivity index (χ4v) is 2.85. The maximum atomic E-state index is 12.0. The van der Waals surface area contributed by atoms with Crippen molar-refractivity contribution in [3.8, 4) is 12.3 Å². The summed E-state index contributed by atoms with van der Waals surface area (Å²) < 4.78 is 4.94. The number of terminal acetylenes is 1. The van der Waals surface area contributed by atoms with Crippen LogP contribution in [0.5, 0.6) is 0 Å². The summed E-state index contributed by atoms with van der Waals surface area (Å²) in [6, 6.07) is 0. The van der Waals surface area contributed by atoms with Gasteiger partial charge in [0.2, 0.25) is 0 Å². The van der Waals surface area contributed by atoms with E-state index in [1.54, 1.807) is 0 Å². The van der Waals surface area contributed by atoms with Gasteiger partial charge in [-0.3, -0.25) is 10.1 Å². The summed E-state index contributed by atoms with van der Waals surface area (Å²) >= 11 is 0. The number of methoxy groups -OCH3 is 1. The lowest BCUT2D eigenvalue weighted by Crippen LogP contribution is -2.55. The van der Waals surface area contributed by atoms with E-state index in [1.807, 2.05) is 0 Å². The lowest BCUT2D eigenvalue weighted by atomic mass is 9.67. The van der Waals surface area contributed by atoms with Crippen molar-refractivity contribution in [2.75, 3.05) is 13.7 Å². The summed E-state index contributed by atoms with van der Waals surface area (Å²) in [4.78, 5) is 12.0. The number of rotatable bonds is 3. The Bertz CT molecular complexity index is 327. The zero-order valence-corrected chi connectivity index (χ0v) is 12.0. The van der Waals surface area contributed by atoms with E-state index in [-0.39, 0.29) is 5.97 Å². The van der Waals surface area contributed by atoms with E-state index in [1.165, 1.54) is 7.11 Å². The molecule has 0 heterocycles. The van der Waals surface area contributed by atoms with Crippen LogP contribution in [0.1, 0.15) is 46.5 Å². The van der Waals surface area contributed by atoms with Gasteiger partial charge in [0.1, 0.15) is 5.54 Å². The SMILES string of the molecule is C#CCNC1(C(=O)OC)CCC(C(C)(C)C)CC1. The van der Waals surface area contributed by atoms with E-state index in [2.05, 4.69) is 32.0 Å². The van der Waals surface area contributed by atoms with Crippen molar-refractivity contribution in [3.05, 3.63) is 0 Å². The molecule has 0 amide bonds. The van der Waals surface area contributed by atoms with Gasteiger partial charge < -0.3 is 4.74 Å². The van der Waals surface area contributed by atoms with Crippen LogP contribution in [-0.4, -0.2) is 25.2 Å². The highest BCUT2D eigenvalue weighted by molar-refractivity contribution is 5.81. The number of nitrogens with one attached hydrogen (secondary N) is 1. The monoisotopic (exact) mass is 251 g/mol. The van der Waals surface area contributed by atoms with Gasteiger partial charge in [0.25, 0.3) is 0 Å². The van der Waals surface area contributed by atoms with Crippen molar-refractivity contribution in [2.45, 2.75) is 52.0 Å². The van der Waals surface area contributed by atoms with Gasteiger partial charge in [-0.05, 0) is 37.0 Å². The normalized spacial score (nSPS) is 28.5. The third-order valence-corrected chi connectivity index (χ3v) is 4.17. The topological polar surface area (TPSA) is 38.3 Å². The first kappa shape index (κ1) is 15.0.